The fourth-order valence-electron chi connectivity index (χ4n) is 1.29. The molecule has 1 aromatic rings. The summed E-state index contributed by atoms with van der Waals surface area (Å²) in [4.78, 5) is 13.2. The van der Waals surface area contributed by atoms with Crippen molar-refractivity contribution in [2.75, 3.05) is 18.5 Å². The molecule has 1 rings (SSSR count). The monoisotopic (exact) mass is 195 g/mol. The fraction of sp³-hybridized carbons (Fsp3) is 0.364. The summed E-state index contributed by atoms with van der Waals surface area (Å²) >= 11 is 0. The highest BCUT2D eigenvalue weighted by Crippen LogP contribution is 2.20. The predicted octanol–water partition coefficient (Wildman–Crippen LogP) is 2.48. The van der Waals surface area contributed by atoms with Crippen molar-refractivity contribution in [2.45, 2.75) is 13.8 Å². The molecule has 0 aliphatic rings. The van der Waals surface area contributed by atoms with Crippen molar-refractivity contribution in [3.63, 3.8) is 0 Å². The molecule has 0 heterocycles. The summed E-state index contributed by atoms with van der Waals surface area (Å²) in [6, 6.07) is 4.29. The van der Waals surface area contributed by atoms with Crippen molar-refractivity contribution < 1.29 is 9.18 Å². The number of Topliss-reactive ketones (excluding diaryl/α,β-unsaturated/α-hetero) is 1. The van der Waals surface area contributed by atoms with Crippen molar-refractivity contribution >= 4 is 11.5 Å². The lowest BCUT2D eigenvalue weighted by atomic mass is 10.1. The Morgan fingerprint density at radius 1 is 1.50 bits per heavy atom. The van der Waals surface area contributed by atoms with Crippen LogP contribution in [0.4, 0.5) is 10.1 Å². The Bertz CT molecular complexity index is 349. The summed E-state index contributed by atoms with van der Waals surface area (Å²) in [6.45, 7) is 4.21. The minimum atomic E-state index is -0.372. The molecule has 0 saturated carbocycles. The Morgan fingerprint density at radius 2 is 2.14 bits per heavy atom. The second-order valence-corrected chi connectivity index (χ2v) is 3.23. The normalized spacial score (nSPS) is 10.0. The van der Waals surface area contributed by atoms with Gasteiger partial charge in [-0.1, -0.05) is 0 Å². The van der Waals surface area contributed by atoms with E-state index in [1.807, 2.05) is 18.9 Å². The quantitative estimate of drug-likeness (QED) is 0.690. The lowest BCUT2D eigenvalue weighted by molar-refractivity contribution is 0.101. The maximum absolute atomic E-state index is 12.9. The third-order valence-corrected chi connectivity index (χ3v) is 2.22. The third kappa shape index (κ3) is 2.10. The number of ketones is 1. The first-order chi connectivity index (χ1) is 6.56. The molecule has 0 aliphatic carbocycles. The van der Waals surface area contributed by atoms with Crippen LogP contribution in [0.2, 0.25) is 0 Å². The topological polar surface area (TPSA) is 20.3 Å². The average Bonchev–Trinajstić information content (AvgIpc) is 2.16. The molecule has 0 N–H and O–H groups in total. The summed E-state index contributed by atoms with van der Waals surface area (Å²) in [5.41, 5.74) is 1.22. The molecule has 14 heavy (non-hydrogen) atoms. The Morgan fingerprint density at radius 3 is 2.64 bits per heavy atom. The Labute approximate surface area is 83.3 Å². The summed E-state index contributed by atoms with van der Waals surface area (Å²) in [5, 5.41) is 0. The number of hydrogen-bond acceptors (Lipinski definition) is 2. The van der Waals surface area contributed by atoms with E-state index >= 15 is 0 Å². The van der Waals surface area contributed by atoms with Gasteiger partial charge in [-0.3, -0.25) is 4.79 Å². The lowest BCUT2D eigenvalue weighted by Crippen LogP contribution is -2.18. The SMILES string of the molecule is CCN(C)c1ccc(F)cc1C(C)=O. The molecule has 0 radical (unpaired) electrons. The van der Waals surface area contributed by atoms with Gasteiger partial charge in [0, 0.05) is 24.8 Å². The van der Waals surface area contributed by atoms with E-state index in [4.69, 9.17) is 0 Å². The van der Waals surface area contributed by atoms with Crippen LogP contribution >= 0.6 is 0 Å². The largest absolute Gasteiger partial charge is 0.374 e. The van der Waals surface area contributed by atoms with E-state index in [1.165, 1.54) is 19.1 Å². The van der Waals surface area contributed by atoms with Crippen LogP contribution in [-0.4, -0.2) is 19.4 Å². The molecule has 0 fully saturated rings. The van der Waals surface area contributed by atoms with Crippen molar-refractivity contribution in [1.29, 1.82) is 0 Å². The van der Waals surface area contributed by atoms with Crippen LogP contribution in [-0.2, 0) is 0 Å². The molecule has 0 bridgehead atoms. The summed E-state index contributed by atoms with van der Waals surface area (Å²) in [7, 11) is 1.87. The van der Waals surface area contributed by atoms with Gasteiger partial charge in [-0.15, -0.1) is 0 Å². The molecular weight excluding hydrogens is 181 g/mol. The summed E-state index contributed by atoms with van der Waals surface area (Å²) in [5.74, 6) is -0.483. The van der Waals surface area contributed by atoms with E-state index < -0.39 is 0 Å². The van der Waals surface area contributed by atoms with Crippen LogP contribution < -0.4 is 4.90 Å². The number of benzene rings is 1. The van der Waals surface area contributed by atoms with E-state index in [0.29, 0.717) is 5.56 Å². The van der Waals surface area contributed by atoms with Crippen molar-refractivity contribution in [2.24, 2.45) is 0 Å². The van der Waals surface area contributed by atoms with Crippen LogP contribution in [0.1, 0.15) is 24.2 Å². The molecule has 0 atom stereocenters. The van der Waals surface area contributed by atoms with Gasteiger partial charge in [-0.05, 0) is 32.0 Å². The second kappa shape index (κ2) is 4.22. The minimum Gasteiger partial charge on any atom is -0.374 e. The third-order valence-electron chi connectivity index (χ3n) is 2.22. The summed E-state index contributed by atoms with van der Waals surface area (Å²) < 4.78 is 12.9. The van der Waals surface area contributed by atoms with Crippen molar-refractivity contribution in [3.8, 4) is 0 Å². The first kappa shape index (κ1) is 10.7. The molecule has 0 aliphatic heterocycles. The number of rotatable bonds is 3. The molecule has 0 saturated heterocycles. The van der Waals surface area contributed by atoms with Gasteiger partial charge in [0.2, 0.25) is 0 Å². The van der Waals surface area contributed by atoms with E-state index in [9.17, 15) is 9.18 Å². The van der Waals surface area contributed by atoms with Gasteiger partial charge in [0.15, 0.2) is 5.78 Å². The minimum absolute atomic E-state index is 0.111. The highest BCUT2D eigenvalue weighted by atomic mass is 19.1. The molecule has 2 nitrogen and oxygen atoms in total. The van der Waals surface area contributed by atoms with Crippen LogP contribution in [0.3, 0.4) is 0 Å². The number of nitrogens with zero attached hydrogens (tertiary/aromatic N) is 1. The van der Waals surface area contributed by atoms with Crippen LogP contribution in [0.5, 0.6) is 0 Å². The van der Waals surface area contributed by atoms with Gasteiger partial charge in [0.05, 0.1) is 0 Å². The number of hydrogen-bond donors (Lipinski definition) is 0. The molecule has 0 unspecified atom stereocenters. The molecule has 0 spiro atoms. The van der Waals surface area contributed by atoms with Gasteiger partial charge in [-0.25, -0.2) is 4.39 Å². The highest BCUT2D eigenvalue weighted by Gasteiger charge is 2.10. The molecule has 3 heteroatoms. The molecule has 1 aromatic carbocycles. The lowest BCUT2D eigenvalue weighted by Gasteiger charge is -2.19. The van der Waals surface area contributed by atoms with E-state index in [0.717, 1.165) is 12.2 Å². The van der Waals surface area contributed by atoms with Crippen molar-refractivity contribution in [3.05, 3.63) is 29.6 Å². The zero-order chi connectivity index (χ0) is 10.7. The second-order valence-electron chi connectivity index (χ2n) is 3.23. The first-order valence-electron chi connectivity index (χ1n) is 4.58. The van der Waals surface area contributed by atoms with Crippen LogP contribution in [0.25, 0.3) is 0 Å². The summed E-state index contributed by atoms with van der Waals surface area (Å²) in [6.07, 6.45) is 0. The standard InChI is InChI=1S/C11H14FNO/c1-4-13(3)11-6-5-9(12)7-10(11)8(2)14/h5-7H,4H2,1-3H3. The van der Waals surface area contributed by atoms with Gasteiger partial charge in [-0.2, -0.15) is 0 Å². The fourth-order valence-corrected chi connectivity index (χ4v) is 1.29. The first-order valence-corrected chi connectivity index (χ1v) is 4.58. The van der Waals surface area contributed by atoms with E-state index in [2.05, 4.69) is 0 Å². The average molecular weight is 195 g/mol. The number of carbonyl (C=O) groups is 1. The Kier molecular flexibility index (Phi) is 3.23. The van der Waals surface area contributed by atoms with Crippen molar-refractivity contribution in [1.82, 2.24) is 0 Å². The zero-order valence-corrected chi connectivity index (χ0v) is 8.67. The predicted molar refractivity (Wildman–Crippen MR) is 55.3 cm³/mol. The van der Waals surface area contributed by atoms with Gasteiger partial charge in [0.1, 0.15) is 5.82 Å². The molecule has 76 valence electrons. The van der Waals surface area contributed by atoms with Crippen LogP contribution in [0.15, 0.2) is 18.2 Å². The Balaban J connectivity index is 3.21. The molecule has 0 aromatic heterocycles. The zero-order valence-electron chi connectivity index (χ0n) is 8.67. The number of halogens is 1. The smallest absolute Gasteiger partial charge is 0.161 e. The van der Waals surface area contributed by atoms with E-state index in [1.54, 1.807) is 6.07 Å². The maximum Gasteiger partial charge on any atom is 0.161 e. The van der Waals surface area contributed by atoms with E-state index in [-0.39, 0.29) is 11.6 Å². The van der Waals surface area contributed by atoms with Crippen LogP contribution in [0, 0.1) is 5.82 Å². The maximum atomic E-state index is 12.9. The van der Waals surface area contributed by atoms with Gasteiger partial charge in [0.25, 0.3) is 0 Å². The number of carbonyl (C=O) groups excluding carboxylic acids is 1. The van der Waals surface area contributed by atoms with Gasteiger partial charge < -0.3 is 4.90 Å². The highest BCUT2D eigenvalue weighted by molar-refractivity contribution is 5.99. The number of anilines is 1. The Hall–Kier alpha value is -1.38. The molecule has 0 amide bonds. The molecular formula is C11H14FNO. The van der Waals surface area contributed by atoms with Gasteiger partial charge >= 0.3 is 0 Å².